The number of halogens is 1. The third-order valence-corrected chi connectivity index (χ3v) is 6.59. The van der Waals surface area contributed by atoms with Gasteiger partial charge in [-0.25, -0.2) is 9.37 Å². The van der Waals surface area contributed by atoms with Crippen molar-refractivity contribution in [1.29, 1.82) is 5.26 Å². The highest BCUT2D eigenvalue weighted by Crippen LogP contribution is 2.24. The van der Waals surface area contributed by atoms with E-state index >= 15 is 0 Å². The van der Waals surface area contributed by atoms with E-state index < -0.39 is 0 Å². The van der Waals surface area contributed by atoms with Crippen molar-refractivity contribution in [1.82, 2.24) is 9.88 Å². The molecule has 0 aliphatic carbocycles. The Labute approximate surface area is 185 Å². The van der Waals surface area contributed by atoms with Gasteiger partial charge in [0.15, 0.2) is 0 Å². The lowest BCUT2D eigenvalue weighted by Gasteiger charge is -2.23. The van der Waals surface area contributed by atoms with Gasteiger partial charge in [-0.1, -0.05) is 12.1 Å². The topological polar surface area (TPSA) is 60.2 Å². The lowest BCUT2D eigenvalue weighted by molar-refractivity contribution is 0.0771. The minimum atomic E-state index is -0.258. The summed E-state index contributed by atoms with van der Waals surface area (Å²) in [7, 11) is 0. The van der Waals surface area contributed by atoms with Crippen LogP contribution in [0.15, 0.2) is 48.5 Å². The number of carbonyl (C=O) groups is 1. The van der Waals surface area contributed by atoms with Crippen LogP contribution < -0.4 is 4.90 Å². The highest BCUT2D eigenvalue weighted by molar-refractivity contribution is 7.13. The molecule has 5 nitrogen and oxygen atoms in total. The summed E-state index contributed by atoms with van der Waals surface area (Å²) in [6, 6.07) is 16.1. The van der Waals surface area contributed by atoms with Gasteiger partial charge in [0.2, 0.25) is 0 Å². The van der Waals surface area contributed by atoms with E-state index in [4.69, 9.17) is 5.26 Å². The maximum Gasteiger partial charge on any atom is 0.265 e. The van der Waals surface area contributed by atoms with Gasteiger partial charge >= 0.3 is 0 Å². The second-order valence-electron chi connectivity index (χ2n) is 7.62. The van der Waals surface area contributed by atoms with Gasteiger partial charge in [0.1, 0.15) is 10.7 Å². The fraction of sp³-hybridized carbons (Fsp3) is 0.292. The third kappa shape index (κ3) is 4.92. The van der Waals surface area contributed by atoms with Gasteiger partial charge in [0.25, 0.3) is 5.91 Å². The predicted molar refractivity (Wildman–Crippen MR) is 120 cm³/mol. The van der Waals surface area contributed by atoms with E-state index in [0.717, 1.165) is 41.5 Å². The number of rotatable bonds is 4. The molecule has 1 fully saturated rings. The number of hydrogen-bond acceptors (Lipinski definition) is 5. The molecule has 0 atom stereocenters. The number of nitriles is 1. The standard InChI is InChI=1S/C24H23FN4OS/c1-17-23(31-22(27-17)15-18-3-7-20(25)8-4-18)24(30)29-12-2-11-28(13-14-29)21-9-5-19(16-26)6-10-21/h3-10H,2,11-15H2,1H3. The van der Waals surface area contributed by atoms with Crippen LogP contribution in [0.4, 0.5) is 10.1 Å². The first-order chi connectivity index (χ1) is 15.0. The summed E-state index contributed by atoms with van der Waals surface area (Å²) in [5.74, 6) is -0.229. The zero-order valence-electron chi connectivity index (χ0n) is 17.3. The molecule has 0 spiro atoms. The van der Waals surface area contributed by atoms with Crippen LogP contribution >= 0.6 is 11.3 Å². The van der Waals surface area contributed by atoms with Gasteiger partial charge in [-0.05, 0) is 55.3 Å². The van der Waals surface area contributed by atoms with Crippen molar-refractivity contribution < 1.29 is 9.18 Å². The Morgan fingerprint density at radius 1 is 1.10 bits per heavy atom. The molecule has 158 valence electrons. The predicted octanol–water partition coefficient (Wildman–Crippen LogP) is 4.41. The molecule has 0 saturated carbocycles. The summed E-state index contributed by atoms with van der Waals surface area (Å²) in [6.07, 6.45) is 1.47. The van der Waals surface area contributed by atoms with Gasteiger partial charge in [-0.15, -0.1) is 11.3 Å². The third-order valence-electron chi connectivity index (χ3n) is 5.45. The van der Waals surface area contributed by atoms with Crippen molar-refractivity contribution in [2.75, 3.05) is 31.1 Å². The number of thiazole rings is 1. The summed E-state index contributed by atoms with van der Waals surface area (Å²) in [5, 5.41) is 9.84. The Kier molecular flexibility index (Phi) is 6.28. The molecule has 1 aliphatic heterocycles. The van der Waals surface area contributed by atoms with Gasteiger partial charge in [0, 0.05) is 38.3 Å². The number of hydrogen-bond donors (Lipinski definition) is 0. The average molecular weight is 435 g/mol. The molecule has 2 heterocycles. The first-order valence-corrected chi connectivity index (χ1v) is 11.1. The molecular formula is C24H23FN4OS. The van der Waals surface area contributed by atoms with E-state index in [9.17, 15) is 9.18 Å². The van der Waals surface area contributed by atoms with Crippen LogP contribution in [0.25, 0.3) is 0 Å². The Balaban J connectivity index is 1.42. The Morgan fingerprint density at radius 3 is 2.55 bits per heavy atom. The van der Waals surface area contributed by atoms with E-state index in [2.05, 4.69) is 16.0 Å². The molecule has 0 bridgehead atoms. The molecule has 2 aromatic carbocycles. The molecule has 0 N–H and O–H groups in total. The lowest BCUT2D eigenvalue weighted by Crippen LogP contribution is -2.35. The van der Waals surface area contributed by atoms with Crippen molar-refractivity contribution in [3.05, 3.63) is 81.1 Å². The summed E-state index contributed by atoms with van der Waals surface area (Å²) in [5.41, 5.74) is 3.44. The quantitative estimate of drug-likeness (QED) is 0.611. The minimum absolute atomic E-state index is 0.0297. The molecule has 0 unspecified atom stereocenters. The molecule has 1 saturated heterocycles. The highest BCUT2D eigenvalue weighted by atomic mass is 32.1. The van der Waals surface area contributed by atoms with Gasteiger partial charge in [-0.2, -0.15) is 5.26 Å². The summed E-state index contributed by atoms with van der Waals surface area (Å²) in [4.78, 5) is 22.6. The maximum absolute atomic E-state index is 13.2. The molecule has 4 rings (SSSR count). The number of nitrogens with zero attached hydrogens (tertiary/aromatic N) is 4. The number of amides is 1. The normalized spacial score (nSPS) is 14.2. The largest absolute Gasteiger partial charge is 0.370 e. The van der Waals surface area contributed by atoms with Crippen molar-refractivity contribution in [2.45, 2.75) is 19.8 Å². The first kappa shape index (κ1) is 21.0. The van der Waals surface area contributed by atoms with Crippen LogP contribution in [0, 0.1) is 24.1 Å². The van der Waals surface area contributed by atoms with Crippen LogP contribution in [-0.2, 0) is 6.42 Å². The lowest BCUT2D eigenvalue weighted by atomic mass is 10.1. The number of benzene rings is 2. The van der Waals surface area contributed by atoms with Crippen LogP contribution in [0.5, 0.6) is 0 Å². The maximum atomic E-state index is 13.2. The monoisotopic (exact) mass is 434 g/mol. The molecule has 1 aromatic heterocycles. The molecule has 1 amide bonds. The summed E-state index contributed by atoms with van der Waals surface area (Å²) < 4.78 is 13.1. The zero-order valence-corrected chi connectivity index (χ0v) is 18.2. The van der Waals surface area contributed by atoms with Crippen molar-refractivity contribution in [3.8, 4) is 6.07 Å². The highest BCUT2D eigenvalue weighted by Gasteiger charge is 2.24. The molecular weight excluding hydrogens is 411 g/mol. The van der Waals surface area contributed by atoms with Gasteiger partial charge < -0.3 is 9.80 Å². The van der Waals surface area contributed by atoms with E-state index in [1.54, 1.807) is 12.1 Å². The summed E-state index contributed by atoms with van der Waals surface area (Å²) in [6.45, 7) is 4.84. The van der Waals surface area contributed by atoms with Gasteiger partial charge in [-0.3, -0.25) is 4.79 Å². The van der Waals surface area contributed by atoms with E-state index in [1.807, 2.05) is 36.1 Å². The molecule has 31 heavy (non-hydrogen) atoms. The van der Waals surface area contributed by atoms with Crippen LogP contribution in [0.2, 0.25) is 0 Å². The van der Waals surface area contributed by atoms with Crippen molar-refractivity contribution in [3.63, 3.8) is 0 Å². The molecule has 1 aliphatic rings. The van der Waals surface area contributed by atoms with Crippen LogP contribution in [0.1, 0.15) is 37.9 Å². The SMILES string of the molecule is Cc1nc(Cc2ccc(F)cc2)sc1C(=O)N1CCCN(c2ccc(C#N)cc2)CC1. The van der Waals surface area contributed by atoms with Crippen molar-refractivity contribution >= 4 is 22.9 Å². The van der Waals surface area contributed by atoms with E-state index in [-0.39, 0.29) is 11.7 Å². The molecule has 0 radical (unpaired) electrons. The number of anilines is 1. The number of carbonyl (C=O) groups excluding carboxylic acids is 1. The van der Waals surface area contributed by atoms with Crippen LogP contribution in [0.3, 0.4) is 0 Å². The first-order valence-electron chi connectivity index (χ1n) is 10.3. The summed E-state index contributed by atoms with van der Waals surface area (Å²) >= 11 is 1.43. The Hall–Kier alpha value is -3.24. The van der Waals surface area contributed by atoms with E-state index in [0.29, 0.717) is 30.0 Å². The fourth-order valence-electron chi connectivity index (χ4n) is 3.77. The Bertz CT molecular complexity index is 1100. The Morgan fingerprint density at radius 2 is 1.84 bits per heavy atom. The van der Waals surface area contributed by atoms with Gasteiger partial charge in [0.05, 0.1) is 22.3 Å². The van der Waals surface area contributed by atoms with Crippen LogP contribution in [-0.4, -0.2) is 42.0 Å². The van der Waals surface area contributed by atoms with Crippen molar-refractivity contribution in [2.24, 2.45) is 0 Å². The smallest absolute Gasteiger partial charge is 0.265 e. The second-order valence-corrected chi connectivity index (χ2v) is 8.70. The second kappa shape index (κ2) is 9.27. The van der Waals surface area contributed by atoms with E-state index in [1.165, 1.54) is 23.5 Å². The average Bonchev–Trinajstić information content (AvgIpc) is 2.99. The number of aromatic nitrogens is 1. The molecule has 7 heteroatoms. The minimum Gasteiger partial charge on any atom is -0.370 e. The fourth-order valence-corrected chi connectivity index (χ4v) is 4.84. The molecule has 3 aromatic rings. The number of aryl methyl sites for hydroxylation is 1. The zero-order chi connectivity index (χ0) is 21.8.